The van der Waals surface area contributed by atoms with Gasteiger partial charge >= 0.3 is 5.97 Å². The molecule has 2 rings (SSSR count). The summed E-state index contributed by atoms with van der Waals surface area (Å²) in [4.78, 5) is 13.1. The van der Waals surface area contributed by atoms with Crippen LogP contribution in [0.3, 0.4) is 0 Å². The summed E-state index contributed by atoms with van der Waals surface area (Å²) in [5.41, 5.74) is 0.867. The van der Waals surface area contributed by atoms with Crippen molar-refractivity contribution in [3.63, 3.8) is 0 Å². The molecule has 1 N–H and O–H groups in total. The van der Waals surface area contributed by atoms with E-state index in [1.54, 1.807) is 18.2 Å². The lowest BCUT2D eigenvalue weighted by atomic mass is 10.1. The van der Waals surface area contributed by atoms with Gasteiger partial charge in [0.1, 0.15) is 11.6 Å². The van der Waals surface area contributed by atoms with E-state index in [-0.39, 0.29) is 5.97 Å². The van der Waals surface area contributed by atoms with Gasteiger partial charge in [0.05, 0.1) is 12.7 Å². The first-order valence-corrected chi connectivity index (χ1v) is 5.34. The van der Waals surface area contributed by atoms with Crippen LogP contribution in [0, 0.1) is 0 Å². The standard InChI is InChI=1S/C11H12ClNO3/c1-16-11(15)7-3-2-4-8(5-7)13-6-9(14)10(13)12/h2-5,9-10,14H,6H2,1H3. The van der Waals surface area contributed by atoms with Crippen LogP contribution in [0.1, 0.15) is 10.4 Å². The van der Waals surface area contributed by atoms with E-state index in [0.29, 0.717) is 12.1 Å². The van der Waals surface area contributed by atoms with Crippen molar-refractivity contribution in [2.75, 3.05) is 18.6 Å². The highest BCUT2D eigenvalue weighted by Crippen LogP contribution is 2.29. The number of hydrogen-bond donors (Lipinski definition) is 1. The molecule has 1 fully saturated rings. The van der Waals surface area contributed by atoms with E-state index in [9.17, 15) is 9.90 Å². The Balaban J connectivity index is 2.20. The molecule has 0 amide bonds. The molecule has 0 spiro atoms. The van der Waals surface area contributed by atoms with E-state index in [0.717, 1.165) is 5.69 Å². The third-order valence-electron chi connectivity index (χ3n) is 2.60. The van der Waals surface area contributed by atoms with Gasteiger partial charge in [-0.2, -0.15) is 0 Å². The van der Waals surface area contributed by atoms with E-state index in [1.807, 2.05) is 11.0 Å². The van der Waals surface area contributed by atoms with Gasteiger partial charge in [-0.15, -0.1) is 0 Å². The van der Waals surface area contributed by atoms with Gasteiger partial charge in [-0.3, -0.25) is 0 Å². The van der Waals surface area contributed by atoms with Crippen molar-refractivity contribution in [2.45, 2.75) is 11.6 Å². The van der Waals surface area contributed by atoms with Crippen LogP contribution in [0.4, 0.5) is 5.69 Å². The van der Waals surface area contributed by atoms with E-state index in [2.05, 4.69) is 4.74 Å². The van der Waals surface area contributed by atoms with Crippen molar-refractivity contribution < 1.29 is 14.6 Å². The number of aliphatic hydroxyl groups is 1. The first-order chi connectivity index (χ1) is 7.63. The second-order valence-electron chi connectivity index (χ2n) is 3.63. The van der Waals surface area contributed by atoms with Crippen LogP contribution in [-0.4, -0.2) is 36.3 Å². The van der Waals surface area contributed by atoms with Crippen LogP contribution >= 0.6 is 11.6 Å². The second-order valence-corrected chi connectivity index (χ2v) is 4.08. The molecule has 16 heavy (non-hydrogen) atoms. The molecular weight excluding hydrogens is 230 g/mol. The first-order valence-electron chi connectivity index (χ1n) is 4.90. The number of carbonyl (C=O) groups excluding carboxylic acids is 1. The van der Waals surface area contributed by atoms with Gasteiger partial charge in [0, 0.05) is 12.2 Å². The number of alkyl halides is 1. The highest BCUT2D eigenvalue weighted by atomic mass is 35.5. The Kier molecular flexibility index (Phi) is 3.03. The fraction of sp³-hybridized carbons (Fsp3) is 0.364. The number of rotatable bonds is 2. The number of benzene rings is 1. The number of halogens is 1. The molecule has 1 heterocycles. The second kappa shape index (κ2) is 4.31. The number of ether oxygens (including phenoxy) is 1. The van der Waals surface area contributed by atoms with Crippen LogP contribution in [0.25, 0.3) is 0 Å². The average molecular weight is 242 g/mol. The van der Waals surface area contributed by atoms with Gasteiger partial charge in [-0.05, 0) is 18.2 Å². The average Bonchev–Trinajstić information content (AvgIpc) is 2.34. The number of methoxy groups -OCH3 is 1. The lowest BCUT2D eigenvalue weighted by molar-refractivity contribution is 0.0600. The predicted octanol–water partition coefficient (Wildman–Crippen LogP) is 1.22. The fourth-order valence-corrected chi connectivity index (χ4v) is 1.91. The van der Waals surface area contributed by atoms with Gasteiger partial charge < -0.3 is 14.7 Å². The highest BCUT2D eigenvalue weighted by Gasteiger charge is 2.36. The summed E-state index contributed by atoms with van der Waals surface area (Å²) in [6.07, 6.45) is -0.511. The molecule has 4 nitrogen and oxygen atoms in total. The van der Waals surface area contributed by atoms with Gasteiger partial charge in [0.25, 0.3) is 0 Å². The Morgan fingerprint density at radius 3 is 2.94 bits per heavy atom. The van der Waals surface area contributed by atoms with E-state index in [4.69, 9.17) is 11.6 Å². The first kappa shape index (κ1) is 11.2. The third kappa shape index (κ3) is 1.86. The largest absolute Gasteiger partial charge is 0.465 e. The summed E-state index contributed by atoms with van der Waals surface area (Å²) in [5, 5.41) is 9.31. The normalized spacial score (nSPS) is 23.8. The maximum atomic E-state index is 11.3. The molecule has 1 aromatic rings. The molecule has 0 bridgehead atoms. The summed E-state index contributed by atoms with van der Waals surface area (Å²) in [6.45, 7) is 0.485. The van der Waals surface area contributed by atoms with Gasteiger partial charge in [0.15, 0.2) is 0 Å². The van der Waals surface area contributed by atoms with Gasteiger partial charge in [-0.1, -0.05) is 17.7 Å². The lowest BCUT2D eigenvalue weighted by Crippen LogP contribution is -2.57. The molecule has 2 atom stereocenters. The van der Waals surface area contributed by atoms with Crippen molar-refractivity contribution in [1.29, 1.82) is 0 Å². The summed E-state index contributed by atoms with van der Waals surface area (Å²) < 4.78 is 4.63. The minimum absolute atomic E-state index is 0.381. The maximum Gasteiger partial charge on any atom is 0.337 e. The molecular formula is C11H12ClNO3. The Bertz CT molecular complexity index is 410. The van der Waals surface area contributed by atoms with E-state index in [1.165, 1.54) is 7.11 Å². The van der Waals surface area contributed by atoms with Gasteiger partial charge in [-0.25, -0.2) is 4.79 Å². The lowest BCUT2D eigenvalue weighted by Gasteiger charge is -2.43. The van der Waals surface area contributed by atoms with Crippen molar-refractivity contribution in [3.05, 3.63) is 29.8 Å². The molecule has 0 saturated carbocycles. The molecule has 1 saturated heterocycles. The molecule has 1 aliphatic rings. The summed E-state index contributed by atoms with van der Waals surface area (Å²) in [7, 11) is 1.34. The molecule has 0 aromatic heterocycles. The van der Waals surface area contributed by atoms with Crippen LogP contribution in [-0.2, 0) is 4.74 Å². The molecule has 0 radical (unpaired) electrons. The Hall–Kier alpha value is -1.26. The van der Waals surface area contributed by atoms with Crippen LogP contribution in [0.15, 0.2) is 24.3 Å². The van der Waals surface area contributed by atoms with Crippen LogP contribution < -0.4 is 4.90 Å². The molecule has 1 aliphatic heterocycles. The van der Waals surface area contributed by atoms with Crippen molar-refractivity contribution >= 4 is 23.3 Å². The van der Waals surface area contributed by atoms with Crippen LogP contribution in [0.5, 0.6) is 0 Å². The monoisotopic (exact) mass is 241 g/mol. The van der Waals surface area contributed by atoms with Crippen molar-refractivity contribution in [2.24, 2.45) is 0 Å². The fourth-order valence-electron chi connectivity index (χ4n) is 1.64. The number of aliphatic hydroxyl groups excluding tert-OH is 1. The maximum absolute atomic E-state index is 11.3. The van der Waals surface area contributed by atoms with E-state index >= 15 is 0 Å². The number of nitrogens with zero attached hydrogens (tertiary/aromatic N) is 1. The number of carbonyl (C=O) groups is 1. The Morgan fingerprint density at radius 2 is 2.38 bits per heavy atom. The summed E-state index contributed by atoms with van der Waals surface area (Å²) >= 11 is 5.93. The van der Waals surface area contributed by atoms with Crippen molar-refractivity contribution in [3.8, 4) is 0 Å². The number of esters is 1. The Labute approximate surface area is 98.4 Å². The molecule has 2 unspecified atom stereocenters. The zero-order chi connectivity index (χ0) is 11.7. The topological polar surface area (TPSA) is 49.8 Å². The van der Waals surface area contributed by atoms with Crippen molar-refractivity contribution in [1.82, 2.24) is 0 Å². The molecule has 0 aliphatic carbocycles. The predicted molar refractivity (Wildman–Crippen MR) is 60.8 cm³/mol. The quantitative estimate of drug-likeness (QED) is 0.481. The zero-order valence-corrected chi connectivity index (χ0v) is 9.52. The highest BCUT2D eigenvalue weighted by molar-refractivity contribution is 6.23. The molecule has 86 valence electrons. The number of hydrogen-bond acceptors (Lipinski definition) is 4. The zero-order valence-electron chi connectivity index (χ0n) is 8.76. The molecule has 1 aromatic carbocycles. The third-order valence-corrected chi connectivity index (χ3v) is 3.12. The minimum Gasteiger partial charge on any atom is -0.465 e. The Morgan fingerprint density at radius 1 is 1.62 bits per heavy atom. The van der Waals surface area contributed by atoms with Crippen LogP contribution in [0.2, 0.25) is 0 Å². The molecule has 5 heteroatoms. The van der Waals surface area contributed by atoms with E-state index < -0.39 is 11.6 Å². The smallest absolute Gasteiger partial charge is 0.337 e. The summed E-state index contributed by atoms with van der Waals surface area (Å²) in [5.74, 6) is -0.381. The minimum atomic E-state index is -0.511. The SMILES string of the molecule is COC(=O)c1cccc(N2CC(O)C2Cl)c1. The number of β-amino-alcohol motifs (C(OH)–C–C–N with tert-alkyl or cyclic N) is 1. The van der Waals surface area contributed by atoms with Gasteiger partial charge in [0.2, 0.25) is 0 Å². The summed E-state index contributed by atoms with van der Waals surface area (Å²) in [6, 6.07) is 6.98. The number of anilines is 1.